The normalized spacial score (nSPS) is 18.6. The molecular weight excluding hydrogens is 408 g/mol. The molecule has 0 spiro atoms. The van der Waals surface area contributed by atoms with Gasteiger partial charge in [0.2, 0.25) is 5.91 Å². The Kier molecular flexibility index (Phi) is 6.80. The zero-order valence-corrected chi connectivity index (χ0v) is 17.9. The third-order valence-electron chi connectivity index (χ3n) is 4.83. The maximum atomic E-state index is 12.8. The van der Waals surface area contributed by atoms with E-state index < -0.39 is 21.3 Å². The second-order valence-electron chi connectivity index (χ2n) is 6.97. The number of carbonyl (C=O) groups is 1. The summed E-state index contributed by atoms with van der Waals surface area (Å²) in [5, 5.41) is 1.69. The molecule has 162 valence electrons. The van der Waals surface area contributed by atoms with Crippen LogP contribution in [0.25, 0.3) is 0 Å². The van der Waals surface area contributed by atoms with Crippen LogP contribution in [-0.4, -0.2) is 40.5 Å². The lowest BCUT2D eigenvalue weighted by atomic mass is 10.1. The molecule has 10 heteroatoms. The maximum Gasteiger partial charge on any atom is 0.250 e. The van der Waals surface area contributed by atoms with Crippen molar-refractivity contribution in [3.8, 4) is 11.5 Å². The molecule has 2 unspecified atom stereocenters. The van der Waals surface area contributed by atoms with E-state index in [1.54, 1.807) is 37.4 Å². The fourth-order valence-corrected chi connectivity index (χ4v) is 4.64. The number of hydrogen-bond donors (Lipinski definition) is 4. The number of nitrogens with one attached hydrogen (secondary N) is 4. The van der Waals surface area contributed by atoms with Crippen LogP contribution >= 0.6 is 0 Å². The summed E-state index contributed by atoms with van der Waals surface area (Å²) < 4.78 is 38.6. The van der Waals surface area contributed by atoms with Crippen molar-refractivity contribution in [1.29, 1.82) is 0 Å². The zero-order chi connectivity index (χ0) is 21.7. The van der Waals surface area contributed by atoms with Gasteiger partial charge >= 0.3 is 0 Å². The Morgan fingerprint density at radius 3 is 2.47 bits per heavy atom. The van der Waals surface area contributed by atoms with E-state index in [0.717, 1.165) is 11.1 Å². The molecule has 4 N–H and O–H groups in total. The highest BCUT2D eigenvalue weighted by molar-refractivity contribution is 7.93. The highest BCUT2D eigenvalue weighted by Crippen LogP contribution is 2.27. The van der Waals surface area contributed by atoms with Crippen LogP contribution < -0.4 is 30.4 Å². The molecule has 9 nitrogen and oxygen atoms in total. The molecule has 30 heavy (non-hydrogen) atoms. The molecule has 1 heterocycles. The minimum absolute atomic E-state index is 0.192. The minimum Gasteiger partial charge on any atom is -0.493 e. The Labute approximate surface area is 176 Å². The van der Waals surface area contributed by atoms with Gasteiger partial charge in [-0.15, -0.1) is 0 Å². The summed E-state index contributed by atoms with van der Waals surface area (Å²) in [6, 6.07) is 12.3. The van der Waals surface area contributed by atoms with Crippen LogP contribution in [0.1, 0.15) is 11.1 Å². The van der Waals surface area contributed by atoms with Gasteiger partial charge in [-0.2, -0.15) is 0 Å². The van der Waals surface area contributed by atoms with Crippen LogP contribution in [-0.2, 0) is 21.4 Å². The number of aryl methyl sites for hydroxylation is 1. The Hall–Kier alpha value is -2.82. The van der Waals surface area contributed by atoms with E-state index in [4.69, 9.17) is 9.47 Å². The third-order valence-corrected chi connectivity index (χ3v) is 6.46. The number of ether oxygens (including phenoxy) is 2. The van der Waals surface area contributed by atoms with Crippen molar-refractivity contribution in [1.82, 2.24) is 16.2 Å². The third kappa shape index (κ3) is 5.02. The minimum atomic E-state index is -3.84. The lowest BCUT2D eigenvalue weighted by molar-refractivity contribution is -0.124. The predicted molar refractivity (Wildman–Crippen MR) is 114 cm³/mol. The highest BCUT2D eigenvalue weighted by Gasteiger charge is 2.41. The van der Waals surface area contributed by atoms with Crippen molar-refractivity contribution in [3.63, 3.8) is 0 Å². The summed E-state index contributed by atoms with van der Waals surface area (Å²) in [4.78, 5) is 12.7. The number of rotatable bonds is 8. The van der Waals surface area contributed by atoms with Gasteiger partial charge < -0.3 is 14.8 Å². The highest BCUT2D eigenvalue weighted by atomic mass is 32.2. The van der Waals surface area contributed by atoms with Gasteiger partial charge in [0.25, 0.3) is 10.0 Å². The second kappa shape index (κ2) is 9.33. The van der Waals surface area contributed by atoms with Crippen LogP contribution in [0.3, 0.4) is 0 Å². The second-order valence-corrected chi connectivity index (χ2v) is 8.77. The Balaban J connectivity index is 1.66. The van der Waals surface area contributed by atoms with E-state index in [2.05, 4.69) is 20.9 Å². The predicted octanol–water partition coefficient (Wildman–Crippen LogP) is 1.12. The van der Waals surface area contributed by atoms with E-state index >= 15 is 0 Å². The first-order valence-electron chi connectivity index (χ1n) is 9.39. The molecule has 0 aliphatic carbocycles. The van der Waals surface area contributed by atoms with Crippen molar-refractivity contribution in [2.45, 2.75) is 18.8 Å². The zero-order valence-electron chi connectivity index (χ0n) is 17.1. The van der Waals surface area contributed by atoms with Crippen LogP contribution in [0.4, 0.5) is 5.69 Å². The number of hydrazine groups is 1. The van der Waals surface area contributed by atoms with Gasteiger partial charge in [-0.25, -0.2) is 13.8 Å². The van der Waals surface area contributed by atoms with E-state index in [1.807, 2.05) is 19.1 Å². The van der Waals surface area contributed by atoms with Crippen LogP contribution in [0, 0.1) is 12.8 Å². The van der Waals surface area contributed by atoms with E-state index in [1.165, 1.54) is 7.11 Å². The average Bonchev–Trinajstić information content (AvgIpc) is 3.24. The van der Waals surface area contributed by atoms with Crippen molar-refractivity contribution in [2.24, 2.45) is 5.92 Å². The number of methoxy groups -OCH3 is 2. The van der Waals surface area contributed by atoms with Gasteiger partial charge in [0.1, 0.15) is 0 Å². The molecule has 2 atom stereocenters. The van der Waals surface area contributed by atoms with Crippen LogP contribution in [0.5, 0.6) is 11.5 Å². The summed E-state index contributed by atoms with van der Waals surface area (Å²) in [7, 11) is -0.763. The first kappa shape index (κ1) is 21.9. The Bertz CT molecular complexity index is 995. The summed E-state index contributed by atoms with van der Waals surface area (Å²) in [5.74, 6) is -0.0315. The van der Waals surface area contributed by atoms with E-state index in [0.29, 0.717) is 17.2 Å². The van der Waals surface area contributed by atoms with Gasteiger partial charge in [-0.3, -0.25) is 14.9 Å². The standard InChI is InChI=1S/C20H26N4O5S/c1-13-4-7-15(8-5-13)24-30(26,27)20-16(12-22-23-20)19(25)21-11-14-6-9-17(28-2)18(10-14)29-3/h4-10,16,20,22-24H,11-12H2,1-3H3,(H,21,25). The van der Waals surface area contributed by atoms with Gasteiger partial charge in [0, 0.05) is 18.8 Å². The molecule has 2 aromatic rings. The molecule has 1 fully saturated rings. The SMILES string of the molecule is COc1ccc(CNC(=O)C2CNNC2S(=O)(=O)Nc2ccc(C)cc2)cc1OC. The molecule has 1 aliphatic heterocycles. The summed E-state index contributed by atoms with van der Waals surface area (Å²) in [6.07, 6.45) is 0. The molecular formula is C20H26N4O5S. The first-order chi connectivity index (χ1) is 14.3. The molecule has 0 bridgehead atoms. The molecule has 1 amide bonds. The van der Waals surface area contributed by atoms with E-state index in [9.17, 15) is 13.2 Å². The smallest absolute Gasteiger partial charge is 0.250 e. The van der Waals surface area contributed by atoms with Crippen molar-refractivity contribution in [2.75, 3.05) is 25.5 Å². The van der Waals surface area contributed by atoms with Crippen molar-refractivity contribution < 1.29 is 22.7 Å². The van der Waals surface area contributed by atoms with Gasteiger partial charge in [-0.05, 0) is 36.8 Å². The van der Waals surface area contributed by atoms with E-state index in [-0.39, 0.29) is 19.0 Å². The molecule has 1 aliphatic rings. The molecule has 2 aromatic carbocycles. The molecule has 3 rings (SSSR count). The topological polar surface area (TPSA) is 118 Å². The largest absolute Gasteiger partial charge is 0.493 e. The monoisotopic (exact) mass is 434 g/mol. The summed E-state index contributed by atoms with van der Waals surface area (Å²) in [5.41, 5.74) is 7.73. The maximum absolute atomic E-state index is 12.8. The molecule has 0 saturated carbocycles. The number of amides is 1. The lowest BCUT2D eigenvalue weighted by Gasteiger charge is -2.20. The molecule has 0 aromatic heterocycles. The number of carbonyl (C=O) groups excluding carboxylic acids is 1. The average molecular weight is 435 g/mol. The molecule has 0 radical (unpaired) electrons. The lowest BCUT2D eigenvalue weighted by Crippen LogP contribution is -2.46. The first-order valence-corrected chi connectivity index (χ1v) is 10.9. The fraction of sp³-hybridized carbons (Fsp3) is 0.350. The summed E-state index contributed by atoms with van der Waals surface area (Å²) >= 11 is 0. The summed E-state index contributed by atoms with van der Waals surface area (Å²) in [6.45, 7) is 2.34. The van der Waals surface area contributed by atoms with Crippen molar-refractivity contribution >= 4 is 21.6 Å². The number of hydrogen-bond acceptors (Lipinski definition) is 7. The van der Waals surface area contributed by atoms with Gasteiger partial charge in [0.15, 0.2) is 16.9 Å². The van der Waals surface area contributed by atoms with Gasteiger partial charge in [-0.1, -0.05) is 23.8 Å². The van der Waals surface area contributed by atoms with Crippen LogP contribution in [0.15, 0.2) is 42.5 Å². The van der Waals surface area contributed by atoms with Crippen LogP contribution in [0.2, 0.25) is 0 Å². The molecule has 1 saturated heterocycles. The quantitative estimate of drug-likeness (QED) is 0.492. The fourth-order valence-electron chi connectivity index (χ4n) is 3.16. The number of sulfonamides is 1. The number of benzene rings is 2. The Morgan fingerprint density at radius 2 is 1.80 bits per heavy atom. The van der Waals surface area contributed by atoms with Gasteiger partial charge in [0.05, 0.1) is 20.1 Å². The Morgan fingerprint density at radius 1 is 1.10 bits per heavy atom. The number of anilines is 1. The van der Waals surface area contributed by atoms with Crippen molar-refractivity contribution in [3.05, 3.63) is 53.6 Å².